The number of hydrogen-bond donors (Lipinski definition) is 3. The van der Waals surface area contributed by atoms with Crippen LogP contribution in [0.4, 0.5) is 0 Å². The third kappa shape index (κ3) is 7.45. The van der Waals surface area contributed by atoms with E-state index in [0.717, 1.165) is 5.56 Å². The summed E-state index contributed by atoms with van der Waals surface area (Å²) in [6.07, 6.45) is 0. The van der Waals surface area contributed by atoms with Crippen molar-refractivity contribution in [3.63, 3.8) is 0 Å². The first-order chi connectivity index (χ1) is 10.6. The molecule has 0 bridgehead atoms. The smallest absolute Gasteiger partial charge is 0.240 e. The minimum atomic E-state index is -3.55. The van der Waals surface area contributed by atoms with Gasteiger partial charge in [0.05, 0.1) is 18.0 Å². The Balaban J connectivity index is 2.79. The first-order valence-electron chi connectivity index (χ1n) is 7.30. The highest BCUT2D eigenvalue weighted by Gasteiger charge is 2.14. The van der Waals surface area contributed by atoms with E-state index in [1.54, 1.807) is 18.2 Å². The molecule has 0 aliphatic carbocycles. The third-order valence-corrected chi connectivity index (χ3v) is 4.20. The van der Waals surface area contributed by atoms with Crippen LogP contribution in [0.25, 0.3) is 0 Å². The van der Waals surface area contributed by atoms with Crippen molar-refractivity contribution in [3.8, 4) is 0 Å². The molecule has 0 aromatic heterocycles. The van der Waals surface area contributed by atoms with E-state index in [2.05, 4.69) is 15.0 Å². The molecular weight excluding hydrogens is 316 g/mol. The molecule has 8 heteroatoms. The first-order valence-corrected chi connectivity index (χ1v) is 8.78. The van der Waals surface area contributed by atoms with Crippen LogP contribution in [0.3, 0.4) is 0 Å². The van der Waals surface area contributed by atoms with Crippen LogP contribution in [0.1, 0.15) is 26.3 Å². The lowest BCUT2D eigenvalue weighted by Gasteiger charge is -2.21. The average Bonchev–Trinajstić information content (AvgIpc) is 2.44. The Kier molecular flexibility index (Phi) is 6.99. The van der Waals surface area contributed by atoms with Crippen molar-refractivity contribution >= 4 is 16.0 Å². The fourth-order valence-corrected chi connectivity index (χ4v) is 2.86. The topological polar surface area (TPSA) is 106 Å². The molecule has 0 fully saturated rings. The molecule has 0 amide bonds. The van der Waals surface area contributed by atoms with Crippen LogP contribution in [-0.4, -0.2) is 40.2 Å². The summed E-state index contributed by atoms with van der Waals surface area (Å²) in [5.74, 6) is 0.323. The highest BCUT2D eigenvalue weighted by Crippen LogP contribution is 2.12. The summed E-state index contributed by atoms with van der Waals surface area (Å²) < 4.78 is 31.6. The van der Waals surface area contributed by atoms with Crippen molar-refractivity contribution < 1.29 is 13.2 Å². The summed E-state index contributed by atoms with van der Waals surface area (Å²) >= 11 is 0. The molecule has 130 valence electrons. The Morgan fingerprint density at radius 2 is 2.04 bits per heavy atom. The van der Waals surface area contributed by atoms with Gasteiger partial charge in [-0.3, -0.25) is 0 Å². The molecule has 7 nitrogen and oxygen atoms in total. The van der Waals surface area contributed by atoms with Crippen molar-refractivity contribution in [2.45, 2.75) is 37.8 Å². The number of benzene rings is 1. The molecular formula is C15H26N4O3S. The van der Waals surface area contributed by atoms with Crippen LogP contribution >= 0.6 is 0 Å². The molecule has 0 saturated carbocycles. The molecule has 1 rings (SSSR count). The van der Waals surface area contributed by atoms with Crippen LogP contribution < -0.4 is 15.8 Å². The monoisotopic (exact) mass is 342 g/mol. The van der Waals surface area contributed by atoms with E-state index >= 15 is 0 Å². The van der Waals surface area contributed by atoms with Gasteiger partial charge in [-0.2, -0.15) is 0 Å². The van der Waals surface area contributed by atoms with Gasteiger partial charge < -0.3 is 15.8 Å². The first kappa shape index (κ1) is 19.4. The molecule has 0 unspecified atom stereocenters. The van der Waals surface area contributed by atoms with Crippen LogP contribution in [0.2, 0.25) is 0 Å². The Morgan fingerprint density at radius 1 is 1.35 bits per heavy atom. The zero-order chi connectivity index (χ0) is 17.5. The zero-order valence-corrected chi connectivity index (χ0v) is 14.9. The molecule has 23 heavy (non-hydrogen) atoms. The van der Waals surface area contributed by atoms with Crippen LogP contribution in [0, 0.1) is 0 Å². The zero-order valence-electron chi connectivity index (χ0n) is 14.1. The second kappa shape index (κ2) is 8.28. The average molecular weight is 342 g/mol. The summed E-state index contributed by atoms with van der Waals surface area (Å²) in [4.78, 5) is 4.42. The van der Waals surface area contributed by atoms with E-state index < -0.39 is 10.0 Å². The maximum atomic E-state index is 12.1. The number of methoxy groups -OCH3 is 1. The molecule has 0 spiro atoms. The van der Waals surface area contributed by atoms with Crippen molar-refractivity contribution in [1.29, 1.82) is 0 Å². The SMILES string of the molecule is COCCNS(=O)(=O)c1cccc(CN=C(N)NC(C)(C)C)c1. The second-order valence-corrected chi connectivity index (χ2v) is 7.88. The molecule has 0 heterocycles. The van der Waals surface area contributed by atoms with Crippen LogP contribution in [0.15, 0.2) is 34.2 Å². The Morgan fingerprint density at radius 3 is 2.65 bits per heavy atom. The fraction of sp³-hybridized carbons (Fsp3) is 0.533. The highest BCUT2D eigenvalue weighted by molar-refractivity contribution is 7.89. The molecule has 0 radical (unpaired) electrons. The lowest BCUT2D eigenvalue weighted by molar-refractivity contribution is 0.204. The van der Waals surface area contributed by atoms with Crippen molar-refractivity contribution in [2.75, 3.05) is 20.3 Å². The number of rotatable bonds is 7. The van der Waals surface area contributed by atoms with Gasteiger partial charge in [-0.25, -0.2) is 18.1 Å². The second-order valence-electron chi connectivity index (χ2n) is 6.11. The van der Waals surface area contributed by atoms with E-state index in [0.29, 0.717) is 19.1 Å². The standard InChI is InChI=1S/C15H26N4O3S/c1-15(2,3)19-14(16)17-11-12-6-5-7-13(10-12)23(20,21)18-8-9-22-4/h5-7,10,18H,8-9,11H2,1-4H3,(H3,16,17,19). The van der Waals surface area contributed by atoms with Crippen molar-refractivity contribution in [3.05, 3.63) is 29.8 Å². The van der Waals surface area contributed by atoms with Crippen molar-refractivity contribution in [1.82, 2.24) is 10.0 Å². The maximum Gasteiger partial charge on any atom is 0.240 e. The normalized spacial score (nSPS) is 13.1. The number of sulfonamides is 1. The number of hydrogen-bond acceptors (Lipinski definition) is 4. The number of ether oxygens (including phenoxy) is 1. The third-order valence-electron chi connectivity index (χ3n) is 2.74. The number of nitrogens with one attached hydrogen (secondary N) is 2. The van der Waals surface area contributed by atoms with Gasteiger partial charge in [0.15, 0.2) is 5.96 Å². The van der Waals surface area contributed by atoms with E-state index in [4.69, 9.17) is 10.5 Å². The Hall–Kier alpha value is -1.64. The van der Waals surface area contributed by atoms with Crippen LogP contribution in [0.5, 0.6) is 0 Å². The molecule has 0 atom stereocenters. The predicted octanol–water partition coefficient (Wildman–Crippen LogP) is 0.814. The van der Waals surface area contributed by atoms with E-state index in [-0.39, 0.29) is 17.0 Å². The number of nitrogens with zero attached hydrogens (tertiary/aromatic N) is 1. The van der Waals surface area contributed by atoms with Gasteiger partial charge in [-0.1, -0.05) is 12.1 Å². The van der Waals surface area contributed by atoms with Gasteiger partial charge in [-0.15, -0.1) is 0 Å². The molecule has 0 aliphatic rings. The molecule has 4 N–H and O–H groups in total. The number of guanidine groups is 1. The van der Waals surface area contributed by atoms with E-state index in [1.165, 1.54) is 7.11 Å². The molecule has 1 aromatic rings. The molecule has 1 aromatic carbocycles. The van der Waals surface area contributed by atoms with Gasteiger partial charge in [0.1, 0.15) is 0 Å². The highest BCUT2D eigenvalue weighted by atomic mass is 32.2. The lowest BCUT2D eigenvalue weighted by atomic mass is 10.1. The summed E-state index contributed by atoms with van der Waals surface area (Å²) in [6, 6.07) is 6.62. The Bertz CT molecular complexity index is 636. The summed E-state index contributed by atoms with van der Waals surface area (Å²) in [7, 11) is -2.03. The molecule has 0 aliphatic heterocycles. The minimum absolute atomic E-state index is 0.177. The fourth-order valence-electron chi connectivity index (χ4n) is 1.77. The van der Waals surface area contributed by atoms with Gasteiger partial charge >= 0.3 is 0 Å². The van der Waals surface area contributed by atoms with E-state index in [1.807, 2.05) is 26.8 Å². The molecule has 0 saturated heterocycles. The number of nitrogens with two attached hydrogens (primary N) is 1. The van der Waals surface area contributed by atoms with Gasteiger partial charge in [0.2, 0.25) is 10.0 Å². The van der Waals surface area contributed by atoms with Gasteiger partial charge in [0.25, 0.3) is 0 Å². The minimum Gasteiger partial charge on any atom is -0.383 e. The quantitative estimate of drug-likeness (QED) is 0.386. The predicted molar refractivity (Wildman–Crippen MR) is 91.7 cm³/mol. The maximum absolute atomic E-state index is 12.1. The van der Waals surface area contributed by atoms with Gasteiger partial charge in [-0.05, 0) is 38.5 Å². The van der Waals surface area contributed by atoms with Crippen molar-refractivity contribution in [2.24, 2.45) is 10.7 Å². The Labute approximate surface area is 138 Å². The largest absolute Gasteiger partial charge is 0.383 e. The number of aliphatic imine (C=N–C) groups is 1. The summed E-state index contributed by atoms with van der Waals surface area (Å²) in [6.45, 7) is 6.79. The van der Waals surface area contributed by atoms with E-state index in [9.17, 15) is 8.42 Å². The summed E-state index contributed by atoms with van der Waals surface area (Å²) in [5.41, 5.74) is 6.39. The lowest BCUT2D eigenvalue weighted by Crippen LogP contribution is -2.44. The van der Waals surface area contributed by atoms with Gasteiger partial charge in [0, 0.05) is 19.2 Å². The van der Waals surface area contributed by atoms with Crippen LogP contribution in [-0.2, 0) is 21.3 Å². The summed E-state index contributed by atoms with van der Waals surface area (Å²) in [5, 5.41) is 3.05.